The number of ether oxygens (including phenoxy) is 1. The Morgan fingerprint density at radius 2 is 1.90 bits per heavy atom. The van der Waals surface area contributed by atoms with E-state index in [9.17, 15) is 9.90 Å². The molecule has 1 aliphatic heterocycles. The maximum Gasteiger partial charge on any atom is 0.300 e. The Kier molecular flexibility index (Phi) is 5.35. The number of hydrogen-bond donors (Lipinski definition) is 1. The highest BCUT2D eigenvalue weighted by Crippen LogP contribution is 2.30. The van der Waals surface area contributed by atoms with E-state index in [-0.39, 0.29) is 5.69 Å². The molecule has 9 heteroatoms. The predicted octanol–water partition coefficient (Wildman–Crippen LogP) is 3.60. The molecule has 0 atom stereocenters. The summed E-state index contributed by atoms with van der Waals surface area (Å²) in [6, 6.07) is 11.3. The summed E-state index contributed by atoms with van der Waals surface area (Å²) in [6.07, 6.45) is 4.15. The summed E-state index contributed by atoms with van der Waals surface area (Å²) in [7, 11) is 0. The van der Waals surface area contributed by atoms with Crippen molar-refractivity contribution in [2.75, 3.05) is 31.2 Å². The number of benzene rings is 1. The Morgan fingerprint density at radius 3 is 2.68 bits per heavy atom. The van der Waals surface area contributed by atoms with Gasteiger partial charge in [0.1, 0.15) is 16.3 Å². The van der Waals surface area contributed by atoms with Crippen molar-refractivity contribution < 1.29 is 9.84 Å². The molecule has 31 heavy (non-hydrogen) atoms. The van der Waals surface area contributed by atoms with Crippen molar-refractivity contribution in [3.8, 4) is 16.5 Å². The smallest absolute Gasteiger partial charge is 0.300 e. The lowest BCUT2D eigenvalue weighted by molar-refractivity contribution is 0.122. The van der Waals surface area contributed by atoms with Crippen LogP contribution in [-0.2, 0) is 11.2 Å². The zero-order valence-electron chi connectivity index (χ0n) is 16.5. The van der Waals surface area contributed by atoms with Gasteiger partial charge in [0.2, 0.25) is 5.75 Å². The Hall–Kier alpha value is -2.94. The van der Waals surface area contributed by atoms with Gasteiger partial charge >= 0.3 is 5.56 Å². The Morgan fingerprint density at radius 1 is 1.13 bits per heavy atom. The summed E-state index contributed by atoms with van der Waals surface area (Å²) in [5.74, 6) is -0.399. The van der Waals surface area contributed by atoms with E-state index in [4.69, 9.17) is 16.3 Å². The maximum atomic E-state index is 12.9. The molecular formula is C22H19ClN4O3S. The van der Waals surface area contributed by atoms with E-state index in [2.05, 4.69) is 14.9 Å². The first-order chi connectivity index (χ1) is 15.1. The van der Waals surface area contributed by atoms with Crippen molar-refractivity contribution in [2.24, 2.45) is 0 Å². The summed E-state index contributed by atoms with van der Waals surface area (Å²) in [6.45, 7) is 2.82. The van der Waals surface area contributed by atoms with Crippen LogP contribution in [0.15, 0.2) is 53.6 Å². The number of pyridine rings is 1. The molecule has 4 heterocycles. The SMILES string of the molecule is O=c1c(O)c(-c2ncc(Cc3ccc(Cl)cc3)s2)nc2ccc(N3CCOCC3)cn12. The van der Waals surface area contributed by atoms with Crippen LogP contribution in [-0.4, -0.2) is 45.8 Å². The van der Waals surface area contributed by atoms with Gasteiger partial charge in [-0.15, -0.1) is 11.3 Å². The first-order valence-electron chi connectivity index (χ1n) is 9.86. The molecule has 1 saturated heterocycles. The number of morpholine rings is 1. The summed E-state index contributed by atoms with van der Waals surface area (Å²) in [5, 5.41) is 11.8. The third-order valence-corrected chi connectivity index (χ3v) is 6.46. The lowest BCUT2D eigenvalue weighted by Gasteiger charge is -2.28. The van der Waals surface area contributed by atoms with Crippen LogP contribution in [0.1, 0.15) is 10.4 Å². The monoisotopic (exact) mass is 454 g/mol. The molecule has 0 saturated carbocycles. The minimum Gasteiger partial charge on any atom is -0.501 e. The molecule has 1 aliphatic rings. The topological polar surface area (TPSA) is 80.0 Å². The molecule has 4 aromatic rings. The number of hydrogen-bond acceptors (Lipinski definition) is 7. The number of nitrogens with zero attached hydrogens (tertiary/aromatic N) is 4. The second kappa shape index (κ2) is 8.30. The van der Waals surface area contributed by atoms with E-state index in [0.717, 1.165) is 29.2 Å². The van der Waals surface area contributed by atoms with Gasteiger partial charge in [-0.2, -0.15) is 0 Å². The van der Waals surface area contributed by atoms with Crippen LogP contribution in [0.2, 0.25) is 5.02 Å². The minimum absolute atomic E-state index is 0.205. The summed E-state index contributed by atoms with van der Waals surface area (Å²) < 4.78 is 6.77. The van der Waals surface area contributed by atoms with Crippen LogP contribution in [0.25, 0.3) is 16.3 Å². The van der Waals surface area contributed by atoms with Crippen molar-refractivity contribution in [2.45, 2.75) is 6.42 Å². The number of thiazole rings is 1. The number of anilines is 1. The fourth-order valence-electron chi connectivity index (χ4n) is 3.58. The molecule has 158 valence electrons. The van der Waals surface area contributed by atoms with Crippen molar-refractivity contribution in [3.05, 3.63) is 74.6 Å². The van der Waals surface area contributed by atoms with Crippen molar-refractivity contribution in [3.63, 3.8) is 0 Å². The second-order valence-corrected chi connectivity index (χ2v) is 8.82. The fraction of sp³-hybridized carbons (Fsp3) is 0.227. The average Bonchev–Trinajstić information content (AvgIpc) is 3.26. The second-order valence-electron chi connectivity index (χ2n) is 7.26. The Balaban J connectivity index is 1.47. The zero-order valence-corrected chi connectivity index (χ0v) is 18.1. The van der Waals surface area contributed by atoms with Crippen molar-refractivity contribution in [1.82, 2.24) is 14.4 Å². The number of aromatic hydroxyl groups is 1. The maximum absolute atomic E-state index is 12.9. The molecule has 1 N–H and O–H groups in total. The first-order valence-corrected chi connectivity index (χ1v) is 11.1. The van der Waals surface area contributed by atoms with Gasteiger partial charge in [0.05, 0.1) is 18.9 Å². The Labute approximate surface area is 187 Å². The van der Waals surface area contributed by atoms with E-state index in [0.29, 0.717) is 35.3 Å². The number of rotatable bonds is 4. The minimum atomic E-state index is -0.510. The standard InChI is InChI=1S/C22H19ClN4O3S/c23-15-3-1-14(2-4-15)11-17-12-24-21(31-17)19-20(28)22(29)27-13-16(5-6-18(27)25-19)26-7-9-30-10-8-26/h1-6,12-13,28H,7-11H2. The molecular weight excluding hydrogens is 436 g/mol. The van der Waals surface area contributed by atoms with E-state index in [1.165, 1.54) is 15.7 Å². The van der Waals surface area contributed by atoms with Crippen LogP contribution >= 0.6 is 22.9 Å². The summed E-state index contributed by atoms with van der Waals surface area (Å²) in [5.41, 5.74) is 2.16. The van der Waals surface area contributed by atoms with Crippen molar-refractivity contribution in [1.29, 1.82) is 0 Å². The van der Waals surface area contributed by atoms with Gasteiger partial charge in [-0.05, 0) is 29.8 Å². The molecule has 7 nitrogen and oxygen atoms in total. The number of fused-ring (bicyclic) bond motifs is 1. The van der Waals surface area contributed by atoms with Gasteiger partial charge in [0.15, 0.2) is 0 Å². The molecule has 3 aromatic heterocycles. The van der Waals surface area contributed by atoms with Crippen LogP contribution < -0.4 is 10.5 Å². The van der Waals surface area contributed by atoms with E-state index in [1.807, 2.05) is 30.3 Å². The quantitative estimate of drug-likeness (QED) is 0.507. The molecule has 1 aromatic carbocycles. The van der Waals surface area contributed by atoms with Crippen molar-refractivity contribution >= 4 is 34.3 Å². The van der Waals surface area contributed by atoms with Crippen LogP contribution in [0.3, 0.4) is 0 Å². The van der Waals surface area contributed by atoms with E-state index in [1.54, 1.807) is 18.5 Å². The van der Waals surface area contributed by atoms with E-state index < -0.39 is 11.3 Å². The first kappa shape index (κ1) is 20.0. The normalized spacial score (nSPS) is 14.3. The molecule has 1 fully saturated rings. The van der Waals surface area contributed by atoms with Gasteiger partial charge < -0.3 is 14.7 Å². The van der Waals surface area contributed by atoms with Crippen LogP contribution in [0.4, 0.5) is 5.69 Å². The van der Waals surface area contributed by atoms with E-state index >= 15 is 0 Å². The molecule has 0 spiro atoms. The lowest BCUT2D eigenvalue weighted by Crippen LogP contribution is -2.36. The number of aromatic nitrogens is 3. The summed E-state index contributed by atoms with van der Waals surface area (Å²) in [4.78, 5) is 24.9. The molecule has 0 aliphatic carbocycles. The predicted molar refractivity (Wildman–Crippen MR) is 122 cm³/mol. The third-order valence-electron chi connectivity index (χ3n) is 5.21. The zero-order chi connectivity index (χ0) is 21.4. The highest BCUT2D eigenvalue weighted by Gasteiger charge is 2.18. The lowest BCUT2D eigenvalue weighted by atomic mass is 10.1. The van der Waals surface area contributed by atoms with Gasteiger partial charge in [-0.1, -0.05) is 23.7 Å². The molecule has 0 unspecified atom stereocenters. The number of halogens is 1. The fourth-order valence-corrected chi connectivity index (χ4v) is 4.64. The largest absolute Gasteiger partial charge is 0.501 e. The molecule has 0 radical (unpaired) electrons. The van der Waals surface area contributed by atoms with Crippen LogP contribution in [0.5, 0.6) is 5.75 Å². The molecule has 5 rings (SSSR count). The van der Waals surface area contributed by atoms with Crippen LogP contribution in [0, 0.1) is 0 Å². The molecule has 0 bridgehead atoms. The Bertz CT molecular complexity index is 1300. The van der Waals surface area contributed by atoms with Gasteiger partial charge in [0.25, 0.3) is 0 Å². The third kappa shape index (κ3) is 4.01. The van der Waals surface area contributed by atoms with Gasteiger partial charge in [-0.25, -0.2) is 9.97 Å². The average molecular weight is 455 g/mol. The highest BCUT2D eigenvalue weighted by molar-refractivity contribution is 7.15. The highest BCUT2D eigenvalue weighted by atomic mass is 35.5. The van der Waals surface area contributed by atoms with Gasteiger partial charge in [0, 0.05) is 41.8 Å². The van der Waals surface area contributed by atoms with Gasteiger partial charge in [-0.3, -0.25) is 9.20 Å². The summed E-state index contributed by atoms with van der Waals surface area (Å²) >= 11 is 7.35. The molecule has 0 amide bonds.